The minimum atomic E-state index is -1.33. The Kier molecular flexibility index (Phi) is 4.15. The molecule has 0 radical (unpaired) electrons. The van der Waals surface area contributed by atoms with Gasteiger partial charge in [-0.2, -0.15) is 0 Å². The van der Waals surface area contributed by atoms with Crippen molar-refractivity contribution >= 4 is 5.78 Å². The van der Waals surface area contributed by atoms with Gasteiger partial charge in [-0.25, -0.2) is 0 Å². The van der Waals surface area contributed by atoms with Crippen molar-refractivity contribution in [1.29, 1.82) is 0 Å². The summed E-state index contributed by atoms with van der Waals surface area (Å²) in [5.74, 6) is 0.294. The first-order chi connectivity index (χ1) is 8.58. The van der Waals surface area contributed by atoms with Crippen molar-refractivity contribution in [3.63, 3.8) is 0 Å². The number of ketones is 1. The number of Topliss-reactive ketones (excluding diaryl/α,β-unsaturated/α-hetero) is 1. The van der Waals surface area contributed by atoms with E-state index in [0.717, 1.165) is 36.8 Å². The fourth-order valence-electron chi connectivity index (χ4n) is 2.52. The van der Waals surface area contributed by atoms with E-state index in [0.29, 0.717) is 5.78 Å². The number of aliphatic hydroxyl groups is 2. The van der Waals surface area contributed by atoms with Gasteiger partial charge in [0.1, 0.15) is 5.78 Å². The van der Waals surface area contributed by atoms with E-state index in [-0.39, 0.29) is 11.8 Å². The predicted octanol–water partition coefficient (Wildman–Crippen LogP) is 2.01. The largest absolute Gasteiger partial charge is 0.368 e. The van der Waals surface area contributed by atoms with Crippen molar-refractivity contribution in [2.24, 2.45) is 5.92 Å². The Morgan fingerprint density at radius 3 is 2.44 bits per heavy atom. The van der Waals surface area contributed by atoms with Crippen molar-refractivity contribution in [2.75, 3.05) is 0 Å². The van der Waals surface area contributed by atoms with Gasteiger partial charge in [0.2, 0.25) is 0 Å². The standard InChI is InChI=1S/C15H20O3/c1-10(15(17)18)12-7-5-11(6-8-12)9-13-3-2-4-14(13)16/h5-8,10,13,15,17-18H,2-4,9H2,1H3. The number of benzene rings is 1. The summed E-state index contributed by atoms with van der Waals surface area (Å²) in [6, 6.07) is 7.80. The van der Waals surface area contributed by atoms with E-state index in [1.807, 2.05) is 24.3 Å². The maximum Gasteiger partial charge on any atom is 0.158 e. The van der Waals surface area contributed by atoms with E-state index in [2.05, 4.69) is 0 Å². The Morgan fingerprint density at radius 2 is 1.94 bits per heavy atom. The molecule has 1 fully saturated rings. The van der Waals surface area contributed by atoms with Gasteiger partial charge in [-0.1, -0.05) is 31.2 Å². The van der Waals surface area contributed by atoms with Crippen LogP contribution in [0.15, 0.2) is 24.3 Å². The number of carbonyl (C=O) groups excluding carboxylic acids is 1. The topological polar surface area (TPSA) is 57.5 Å². The third kappa shape index (κ3) is 2.98. The highest BCUT2D eigenvalue weighted by atomic mass is 16.5. The first-order valence-electron chi connectivity index (χ1n) is 6.55. The van der Waals surface area contributed by atoms with Crippen LogP contribution in [0.1, 0.15) is 43.2 Å². The second-order valence-electron chi connectivity index (χ2n) is 5.20. The molecule has 2 rings (SSSR count). The number of carbonyl (C=O) groups is 1. The second-order valence-corrected chi connectivity index (χ2v) is 5.20. The molecule has 1 aromatic carbocycles. The van der Waals surface area contributed by atoms with Gasteiger partial charge in [-0.3, -0.25) is 4.79 Å². The van der Waals surface area contributed by atoms with Crippen molar-refractivity contribution in [3.8, 4) is 0 Å². The second kappa shape index (κ2) is 5.63. The molecule has 1 aliphatic carbocycles. The molecule has 0 amide bonds. The van der Waals surface area contributed by atoms with Crippen molar-refractivity contribution in [3.05, 3.63) is 35.4 Å². The Bertz CT molecular complexity index is 408. The molecule has 0 heterocycles. The lowest BCUT2D eigenvalue weighted by molar-refractivity contribution is -0.120. The Hall–Kier alpha value is -1.19. The van der Waals surface area contributed by atoms with Gasteiger partial charge >= 0.3 is 0 Å². The first-order valence-corrected chi connectivity index (χ1v) is 6.55. The molecular formula is C15H20O3. The van der Waals surface area contributed by atoms with Crippen molar-refractivity contribution in [2.45, 2.75) is 44.8 Å². The molecule has 0 aliphatic heterocycles. The fourth-order valence-corrected chi connectivity index (χ4v) is 2.52. The smallest absolute Gasteiger partial charge is 0.158 e. The molecule has 98 valence electrons. The zero-order chi connectivity index (χ0) is 13.1. The predicted molar refractivity (Wildman–Crippen MR) is 69.1 cm³/mol. The summed E-state index contributed by atoms with van der Waals surface area (Å²) in [7, 11) is 0. The number of rotatable bonds is 4. The van der Waals surface area contributed by atoms with Crippen LogP contribution in [-0.2, 0) is 11.2 Å². The van der Waals surface area contributed by atoms with Gasteiger partial charge in [0.15, 0.2) is 6.29 Å². The molecule has 3 nitrogen and oxygen atoms in total. The van der Waals surface area contributed by atoms with E-state index in [9.17, 15) is 4.79 Å². The summed E-state index contributed by atoms with van der Waals surface area (Å²) in [6.07, 6.45) is 2.25. The Balaban J connectivity index is 2.01. The summed E-state index contributed by atoms with van der Waals surface area (Å²) >= 11 is 0. The molecule has 2 unspecified atom stereocenters. The molecule has 1 aliphatic rings. The maximum absolute atomic E-state index is 11.6. The minimum absolute atomic E-state index is 0.191. The molecular weight excluding hydrogens is 228 g/mol. The lowest BCUT2D eigenvalue weighted by Gasteiger charge is -2.15. The van der Waals surface area contributed by atoms with Crippen LogP contribution >= 0.6 is 0 Å². The van der Waals surface area contributed by atoms with Crippen LogP contribution in [0.5, 0.6) is 0 Å². The zero-order valence-electron chi connectivity index (χ0n) is 10.7. The lowest BCUT2D eigenvalue weighted by atomic mass is 9.94. The lowest BCUT2D eigenvalue weighted by Crippen LogP contribution is -2.14. The van der Waals surface area contributed by atoms with Crippen molar-refractivity contribution < 1.29 is 15.0 Å². The van der Waals surface area contributed by atoms with E-state index in [1.54, 1.807) is 6.92 Å². The van der Waals surface area contributed by atoms with E-state index < -0.39 is 6.29 Å². The molecule has 2 atom stereocenters. The molecule has 18 heavy (non-hydrogen) atoms. The van der Waals surface area contributed by atoms with Gasteiger partial charge in [0, 0.05) is 18.3 Å². The van der Waals surface area contributed by atoms with Crippen LogP contribution < -0.4 is 0 Å². The first kappa shape index (κ1) is 13.2. The SMILES string of the molecule is CC(c1ccc(CC2CCCC2=O)cc1)C(O)O. The maximum atomic E-state index is 11.6. The summed E-state index contributed by atoms with van der Waals surface area (Å²) in [5.41, 5.74) is 2.06. The summed E-state index contributed by atoms with van der Waals surface area (Å²) in [5, 5.41) is 18.2. The number of hydrogen-bond acceptors (Lipinski definition) is 3. The molecule has 1 saturated carbocycles. The number of aliphatic hydroxyl groups excluding tert-OH is 1. The number of hydrogen-bond donors (Lipinski definition) is 2. The van der Waals surface area contributed by atoms with Crippen LogP contribution in [-0.4, -0.2) is 22.3 Å². The van der Waals surface area contributed by atoms with Gasteiger partial charge in [-0.05, 0) is 30.4 Å². The normalized spacial score (nSPS) is 21.6. The third-order valence-corrected chi connectivity index (χ3v) is 3.87. The van der Waals surface area contributed by atoms with Crippen LogP contribution in [0, 0.1) is 5.92 Å². The highest BCUT2D eigenvalue weighted by Crippen LogP contribution is 2.26. The third-order valence-electron chi connectivity index (χ3n) is 3.87. The van der Waals surface area contributed by atoms with Crippen LogP contribution in [0.25, 0.3) is 0 Å². The fraction of sp³-hybridized carbons (Fsp3) is 0.533. The zero-order valence-corrected chi connectivity index (χ0v) is 10.7. The van der Waals surface area contributed by atoms with Gasteiger partial charge in [-0.15, -0.1) is 0 Å². The quantitative estimate of drug-likeness (QED) is 0.801. The summed E-state index contributed by atoms with van der Waals surface area (Å²) in [4.78, 5) is 11.6. The van der Waals surface area contributed by atoms with Crippen LogP contribution in [0.2, 0.25) is 0 Å². The monoisotopic (exact) mass is 248 g/mol. The molecule has 2 N–H and O–H groups in total. The highest BCUT2D eigenvalue weighted by Gasteiger charge is 2.24. The van der Waals surface area contributed by atoms with E-state index in [4.69, 9.17) is 10.2 Å². The molecule has 0 saturated heterocycles. The van der Waals surface area contributed by atoms with Gasteiger partial charge in [0.05, 0.1) is 0 Å². The molecule has 1 aromatic rings. The van der Waals surface area contributed by atoms with Gasteiger partial charge in [0.25, 0.3) is 0 Å². The highest BCUT2D eigenvalue weighted by molar-refractivity contribution is 5.83. The van der Waals surface area contributed by atoms with Crippen molar-refractivity contribution in [1.82, 2.24) is 0 Å². The Labute approximate surface area is 107 Å². The Morgan fingerprint density at radius 1 is 1.28 bits per heavy atom. The minimum Gasteiger partial charge on any atom is -0.368 e. The van der Waals surface area contributed by atoms with E-state index >= 15 is 0 Å². The molecule has 0 spiro atoms. The van der Waals surface area contributed by atoms with Crippen LogP contribution in [0.3, 0.4) is 0 Å². The average Bonchev–Trinajstić information content (AvgIpc) is 2.75. The van der Waals surface area contributed by atoms with E-state index in [1.165, 1.54) is 0 Å². The summed E-state index contributed by atoms with van der Waals surface area (Å²) in [6.45, 7) is 1.78. The molecule has 0 aromatic heterocycles. The summed E-state index contributed by atoms with van der Waals surface area (Å²) < 4.78 is 0. The average molecular weight is 248 g/mol. The van der Waals surface area contributed by atoms with Gasteiger partial charge < -0.3 is 10.2 Å². The van der Waals surface area contributed by atoms with Crippen LogP contribution in [0.4, 0.5) is 0 Å². The molecule has 0 bridgehead atoms. The molecule has 3 heteroatoms.